The second kappa shape index (κ2) is 10.9. The first-order valence-corrected chi connectivity index (χ1v) is 12.6. The highest BCUT2D eigenvalue weighted by Gasteiger charge is 2.49. The molecule has 0 aliphatic carbocycles. The van der Waals surface area contributed by atoms with E-state index in [1.54, 1.807) is 10.9 Å². The molecule has 37 heavy (non-hydrogen) atoms. The average molecular weight is 541 g/mol. The lowest BCUT2D eigenvalue weighted by molar-refractivity contribution is -0.163. The van der Waals surface area contributed by atoms with Gasteiger partial charge in [-0.05, 0) is 49.8 Å². The fourth-order valence-electron chi connectivity index (χ4n) is 5.18. The molecule has 1 aromatic carbocycles. The topological polar surface area (TPSA) is 106 Å². The van der Waals surface area contributed by atoms with Crippen molar-refractivity contribution in [1.29, 1.82) is 0 Å². The summed E-state index contributed by atoms with van der Waals surface area (Å²) in [4.78, 5) is 27.9. The molecule has 0 saturated carbocycles. The van der Waals surface area contributed by atoms with Crippen LogP contribution in [0.25, 0.3) is 0 Å². The number of benzene rings is 1. The van der Waals surface area contributed by atoms with Gasteiger partial charge in [0.05, 0.1) is 5.69 Å². The molecule has 202 valence electrons. The van der Waals surface area contributed by atoms with Crippen molar-refractivity contribution in [2.75, 3.05) is 31.6 Å². The molecule has 0 radical (unpaired) electrons. The first kappa shape index (κ1) is 27.3. The number of carboxylic acid groups (broad SMARTS) is 1. The first-order chi connectivity index (χ1) is 17.6. The lowest BCUT2D eigenvalue weighted by atomic mass is 9.84. The number of nitrogens with zero attached hydrogens (tertiary/aromatic N) is 3. The lowest BCUT2D eigenvalue weighted by Gasteiger charge is -2.43. The molecular formula is C25H31ClF2N4O5. The van der Waals surface area contributed by atoms with Gasteiger partial charge in [0.1, 0.15) is 5.54 Å². The maximum Gasteiger partial charge on any atom is 0.387 e. The molecule has 2 aliphatic heterocycles. The van der Waals surface area contributed by atoms with Gasteiger partial charge in [-0.25, -0.2) is 4.79 Å². The van der Waals surface area contributed by atoms with Crippen molar-refractivity contribution >= 4 is 29.2 Å². The summed E-state index contributed by atoms with van der Waals surface area (Å²) in [5.41, 5.74) is -1.46. The molecule has 2 N–H and O–H groups in total. The molecule has 0 bridgehead atoms. The second-order valence-electron chi connectivity index (χ2n) is 9.85. The Morgan fingerprint density at radius 2 is 1.97 bits per heavy atom. The number of hydrogen-bond donors (Lipinski definition) is 2. The number of carbonyl (C=O) groups excluding carboxylic acids is 1. The predicted octanol–water partition coefficient (Wildman–Crippen LogP) is 4.32. The van der Waals surface area contributed by atoms with Gasteiger partial charge in [-0.1, -0.05) is 25.4 Å². The van der Waals surface area contributed by atoms with E-state index in [2.05, 4.69) is 15.2 Å². The number of aliphatic carboxylic acids is 1. The Morgan fingerprint density at radius 1 is 1.24 bits per heavy atom. The van der Waals surface area contributed by atoms with Crippen LogP contribution >= 0.6 is 11.6 Å². The van der Waals surface area contributed by atoms with Crippen molar-refractivity contribution in [1.82, 2.24) is 14.7 Å². The largest absolute Gasteiger partial charge is 0.479 e. The van der Waals surface area contributed by atoms with E-state index in [-0.39, 0.29) is 28.9 Å². The van der Waals surface area contributed by atoms with Gasteiger partial charge >= 0.3 is 12.6 Å². The van der Waals surface area contributed by atoms with Crippen molar-refractivity contribution in [3.8, 4) is 5.75 Å². The summed E-state index contributed by atoms with van der Waals surface area (Å²) < 4.78 is 38.0. The number of nitrogens with one attached hydrogen (secondary N) is 1. The quantitative estimate of drug-likeness (QED) is 0.488. The van der Waals surface area contributed by atoms with E-state index in [4.69, 9.17) is 16.3 Å². The van der Waals surface area contributed by atoms with E-state index in [1.165, 1.54) is 18.2 Å². The number of likely N-dealkylation sites (tertiary alicyclic amines) is 1. The maximum atomic E-state index is 13.9. The van der Waals surface area contributed by atoms with Crippen molar-refractivity contribution in [3.63, 3.8) is 0 Å². The third kappa shape index (κ3) is 5.58. The summed E-state index contributed by atoms with van der Waals surface area (Å²) in [7, 11) is 0. The number of amides is 1. The van der Waals surface area contributed by atoms with Gasteiger partial charge in [0.15, 0.2) is 11.4 Å². The van der Waals surface area contributed by atoms with Crippen LogP contribution in [0, 0.1) is 0 Å². The zero-order valence-electron chi connectivity index (χ0n) is 20.8. The zero-order valence-corrected chi connectivity index (χ0v) is 21.5. The molecule has 2 saturated heterocycles. The number of anilines is 1. The van der Waals surface area contributed by atoms with E-state index in [0.717, 1.165) is 5.69 Å². The highest BCUT2D eigenvalue weighted by Crippen LogP contribution is 2.38. The fourth-order valence-corrected chi connectivity index (χ4v) is 5.34. The molecule has 1 atom stereocenters. The first-order valence-electron chi connectivity index (χ1n) is 12.3. The van der Waals surface area contributed by atoms with Gasteiger partial charge in [-0.15, -0.1) is 0 Å². The van der Waals surface area contributed by atoms with Gasteiger partial charge in [-0.2, -0.15) is 13.9 Å². The summed E-state index contributed by atoms with van der Waals surface area (Å²) in [6.07, 6.45) is 3.41. The molecule has 0 spiro atoms. The van der Waals surface area contributed by atoms with Crippen LogP contribution in [0.4, 0.5) is 14.5 Å². The molecule has 2 aliphatic rings. The molecule has 3 heterocycles. The number of rotatable bonds is 9. The van der Waals surface area contributed by atoms with Crippen LogP contribution in [-0.2, 0) is 19.9 Å². The normalized spacial score (nSPS) is 21.9. The highest BCUT2D eigenvalue weighted by atomic mass is 35.5. The molecule has 12 heteroatoms. The average Bonchev–Trinajstić information content (AvgIpc) is 3.52. The summed E-state index contributed by atoms with van der Waals surface area (Å²) >= 11 is 5.96. The van der Waals surface area contributed by atoms with Crippen molar-refractivity contribution in [2.45, 2.75) is 63.2 Å². The number of halogens is 3. The van der Waals surface area contributed by atoms with Crippen LogP contribution in [0.3, 0.4) is 0 Å². The minimum atomic E-state index is -3.09. The molecular weight excluding hydrogens is 510 g/mol. The van der Waals surface area contributed by atoms with E-state index in [9.17, 15) is 23.5 Å². The monoisotopic (exact) mass is 540 g/mol. The number of ether oxygens (including phenoxy) is 2. The van der Waals surface area contributed by atoms with Crippen LogP contribution in [0.15, 0.2) is 30.5 Å². The van der Waals surface area contributed by atoms with Crippen molar-refractivity contribution < 1.29 is 33.0 Å². The van der Waals surface area contributed by atoms with Gasteiger partial charge in [0.25, 0.3) is 5.91 Å². The standard InChI is InChI=1S/C25H31ClF2N4O5/c1-16(2)19-6-10-29-32(19)24(21(33)30-18-5-4-17(26)14-20(18)37-23(27)28)8-11-31(12-9-24)15-25(22(34)35)7-3-13-36-25/h4-6,10,14,16,23H,3,7-9,11-13,15H2,1-2H3,(H,30,33)(H,34,35)/t25-/m0/s1. The summed E-state index contributed by atoms with van der Waals surface area (Å²) in [5, 5.41) is 17.3. The molecule has 2 aromatic rings. The number of hydrogen-bond acceptors (Lipinski definition) is 6. The molecule has 1 amide bonds. The lowest BCUT2D eigenvalue weighted by Crippen LogP contribution is -2.57. The van der Waals surface area contributed by atoms with E-state index >= 15 is 0 Å². The van der Waals surface area contributed by atoms with E-state index < -0.39 is 29.6 Å². The number of carboxylic acids is 1. The van der Waals surface area contributed by atoms with Crippen molar-refractivity contribution in [2.24, 2.45) is 0 Å². The second-order valence-corrected chi connectivity index (χ2v) is 10.3. The van der Waals surface area contributed by atoms with Crippen LogP contribution in [0.1, 0.15) is 51.1 Å². The number of carbonyl (C=O) groups is 2. The van der Waals surface area contributed by atoms with Gasteiger partial charge in [-0.3, -0.25) is 14.4 Å². The van der Waals surface area contributed by atoms with Gasteiger partial charge < -0.3 is 19.9 Å². The number of alkyl halides is 2. The Bertz CT molecular complexity index is 1130. The fraction of sp³-hybridized carbons (Fsp3) is 0.560. The SMILES string of the molecule is CC(C)c1ccnn1C1(C(=O)Nc2ccc(Cl)cc2OC(F)F)CCN(C[C@]2(C(=O)O)CCCO2)CC1. The van der Waals surface area contributed by atoms with Crippen LogP contribution < -0.4 is 10.1 Å². The molecule has 1 aromatic heterocycles. The summed E-state index contributed by atoms with van der Waals surface area (Å²) in [6, 6.07) is 5.97. The minimum absolute atomic E-state index is 0.0685. The van der Waals surface area contributed by atoms with Gasteiger partial charge in [0, 0.05) is 49.2 Å². The Balaban J connectivity index is 1.62. The Kier molecular flexibility index (Phi) is 8.05. The summed E-state index contributed by atoms with van der Waals surface area (Å²) in [6.45, 7) is 2.37. The number of piperidine rings is 1. The van der Waals surface area contributed by atoms with Crippen LogP contribution in [0.2, 0.25) is 5.02 Å². The smallest absolute Gasteiger partial charge is 0.387 e. The predicted molar refractivity (Wildman–Crippen MR) is 132 cm³/mol. The van der Waals surface area contributed by atoms with E-state index in [1.807, 2.05) is 24.8 Å². The molecule has 9 nitrogen and oxygen atoms in total. The van der Waals surface area contributed by atoms with Gasteiger partial charge in [0.2, 0.25) is 0 Å². The van der Waals surface area contributed by atoms with Crippen molar-refractivity contribution in [3.05, 3.63) is 41.2 Å². The number of aromatic nitrogens is 2. The van der Waals surface area contributed by atoms with E-state index in [0.29, 0.717) is 45.4 Å². The third-order valence-electron chi connectivity index (χ3n) is 7.15. The molecule has 4 rings (SSSR count). The maximum absolute atomic E-state index is 13.9. The van der Waals surface area contributed by atoms with Crippen LogP contribution in [-0.4, -0.2) is 70.1 Å². The molecule has 0 unspecified atom stereocenters. The Labute approximate surface area is 218 Å². The third-order valence-corrected chi connectivity index (χ3v) is 7.39. The minimum Gasteiger partial charge on any atom is -0.479 e. The Morgan fingerprint density at radius 3 is 2.57 bits per heavy atom. The summed E-state index contributed by atoms with van der Waals surface area (Å²) in [5.74, 6) is -1.58. The highest BCUT2D eigenvalue weighted by molar-refractivity contribution is 6.30. The van der Waals surface area contributed by atoms with Crippen LogP contribution in [0.5, 0.6) is 5.75 Å². The zero-order chi connectivity index (χ0) is 26.8. The Hall–Kier alpha value is -2.76. The molecule has 2 fully saturated rings.